The molecule has 0 aromatic rings. The van der Waals surface area contributed by atoms with E-state index in [4.69, 9.17) is 0 Å². The van der Waals surface area contributed by atoms with Gasteiger partial charge in [-0.15, -0.1) is 0 Å². The van der Waals surface area contributed by atoms with E-state index >= 15 is 0 Å². The Hall–Kier alpha value is -1.90. The molecule has 110 valence electrons. The Morgan fingerprint density at radius 2 is 2.00 bits per heavy atom. The molecule has 1 fully saturated rings. The Morgan fingerprint density at radius 1 is 1.30 bits per heavy atom. The lowest BCUT2D eigenvalue weighted by Gasteiger charge is -2.08. The monoisotopic (exact) mass is 302 g/mol. The highest BCUT2D eigenvalue weighted by Gasteiger charge is 2.34. The van der Waals surface area contributed by atoms with Crippen molar-refractivity contribution in [3.8, 4) is 0 Å². The van der Waals surface area contributed by atoms with Gasteiger partial charge in [-0.05, 0) is 0 Å². The molecule has 8 nitrogen and oxygen atoms in total. The number of esters is 2. The Bertz CT molecular complexity index is 450. The van der Waals surface area contributed by atoms with Crippen LogP contribution in [0.3, 0.4) is 0 Å². The molecule has 0 unspecified atom stereocenters. The fourth-order valence-electron chi connectivity index (χ4n) is 1.39. The van der Waals surface area contributed by atoms with Gasteiger partial charge in [-0.3, -0.25) is 19.2 Å². The van der Waals surface area contributed by atoms with Crippen LogP contribution < -0.4 is 10.6 Å². The number of amides is 2. The number of hydrogen-bond acceptors (Lipinski definition) is 7. The van der Waals surface area contributed by atoms with Crippen molar-refractivity contribution in [1.82, 2.24) is 10.6 Å². The second-order valence-corrected chi connectivity index (χ2v) is 5.15. The number of rotatable bonds is 6. The Labute approximate surface area is 119 Å². The van der Waals surface area contributed by atoms with Crippen LogP contribution in [0, 0.1) is 0 Å². The highest BCUT2D eigenvalue weighted by Crippen LogP contribution is 2.07. The van der Waals surface area contributed by atoms with Crippen LogP contribution in [-0.4, -0.2) is 47.2 Å². The number of carbonyl (C=O) groups is 5. The second kappa shape index (κ2) is 7.63. The molecule has 0 saturated carbocycles. The molecule has 0 aromatic heterocycles. The average Bonchev–Trinajstić information content (AvgIpc) is 2.65. The van der Waals surface area contributed by atoms with Gasteiger partial charge in [0.2, 0.25) is 11.8 Å². The first-order chi connectivity index (χ1) is 9.38. The van der Waals surface area contributed by atoms with Gasteiger partial charge in [-0.25, -0.2) is 4.79 Å². The van der Waals surface area contributed by atoms with Gasteiger partial charge in [-0.2, -0.15) is 0 Å². The van der Waals surface area contributed by atoms with Gasteiger partial charge in [0.1, 0.15) is 6.04 Å². The van der Waals surface area contributed by atoms with Crippen LogP contribution >= 0.6 is 11.8 Å². The number of hydrogen-bond donors (Lipinski definition) is 2. The summed E-state index contributed by atoms with van der Waals surface area (Å²) in [6, 6.07) is -0.945. The van der Waals surface area contributed by atoms with E-state index in [-0.39, 0.29) is 36.2 Å². The standard InChI is InChI=1S/C11H14N2O6S/c1-6(14)20-5-9(16)12-3-2-8(15)13-7-4-10(17)19-11(7)18/h7H,2-5H2,1H3,(H,12,16)(H,13,15)/t7-/m0/s1. The number of thioether (sulfide) groups is 1. The fraction of sp³-hybridized carbons (Fsp3) is 0.545. The molecular formula is C11H14N2O6S. The van der Waals surface area contributed by atoms with E-state index in [2.05, 4.69) is 15.4 Å². The van der Waals surface area contributed by atoms with Gasteiger partial charge in [-0.1, -0.05) is 11.8 Å². The maximum absolute atomic E-state index is 11.5. The van der Waals surface area contributed by atoms with Crippen LogP contribution in [0.25, 0.3) is 0 Å². The van der Waals surface area contributed by atoms with E-state index in [1.165, 1.54) is 6.92 Å². The van der Waals surface area contributed by atoms with Crippen molar-refractivity contribution in [1.29, 1.82) is 0 Å². The molecular weight excluding hydrogens is 288 g/mol. The van der Waals surface area contributed by atoms with E-state index in [0.29, 0.717) is 0 Å². The van der Waals surface area contributed by atoms with Gasteiger partial charge < -0.3 is 15.4 Å². The van der Waals surface area contributed by atoms with Crippen molar-refractivity contribution in [2.24, 2.45) is 0 Å². The molecule has 1 rings (SSSR count). The maximum atomic E-state index is 11.5. The molecule has 2 N–H and O–H groups in total. The fourth-order valence-corrected chi connectivity index (χ4v) is 1.82. The van der Waals surface area contributed by atoms with Crippen molar-refractivity contribution >= 4 is 40.6 Å². The summed E-state index contributed by atoms with van der Waals surface area (Å²) < 4.78 is 4.27. The van der Waals surface area contributed by atoms with Crippen molar-refractivity contribution in [2.45, 2.75) is 25.8 Å². The van der Waals surface area contributed by atoms with Crippen LogP contribution in [0.4, 0.5) is 0 Å². The summed E-state index contributed by atoms with van der Waals surface area (Å²) in [5.74, 6) is -2.27. The summed E-state index contributed by atoms with van der Waals surface area (Å²) in [7, 11) is 0. The molecule has 9 heteroatoms. The largest absolute Gasteiger partial charge is 0.392 e. The van der Waals surface area contributed by atoms with Crippen LogP contribution in [0.1, 0.15) is 19.8 Å². The normalized spacial score (nSPS) is 17.6. The quantitative estimate of drug-likeness (QED) is 0.464. The van der Waals surface area contributed by atoms with Gasteiger partial charge in [0.05, 0.1) is 12.2 Å². The maximum Gasteiger partial charge on any atom is 0.336 e. The van der Waals surface area contributed by atoms with E-state index < -0.39 is 23.9 Å². The van der Waals surface area contributed by atoms with Crippen LogP contribution in [0.2, 0.25) is 0 Å². The number of cyclic esters (lactones) is 2. The minimum atomic E-state index is -0.945. The summed E-state index contributed by atoms with van der Waals surface area (Å²) in [5.41, 5.74) is 0. The molecule has 0 radical (unpaired) electrons. The molecule has 1 aliphatic rings. The number of carbonyl (C=O) groups excluding carboxylic acids is 5. The first kappa shape index (κ1) is 16.2. The van der Waals surface area contributed by atoms with Crippen LogP contribution in [-0.2, 0) is 28.7 Å². The molecule has 20 heavy (non-hydrogen) atoms. The second-order valence-electron chi connectivity index (χ2n) is 4.00. The highest BCUT2D eigenvalue weighted by atomic mass is 32.2. The Balaban J connectivity index is 2.17. The molecule has 1 aliphatic heterocycles. The predicted molar refractivity (Wildman–Crippen MR) is 68.4 cm³/mol. The van der Waals surface area contributed by atoms with Crippen molar-refractivity contribution < 1.29 is 28.7 Å². The minimum absolute atomic E-state index is 0.000402. The highest BCUT2D eigenvalue weighted by molar-refractivity contribution is 8.14. The zero-order valence-corrected chi connectivity index (χ0v) is 11.6. The number of ether oxygens (including phenoxy) is 1. The van der Waals surface area contributed by atoms with Crippen molar-refractivity contribution in [2.75, 3.05) is 12.3 Å². The van der Waals surface area contributed by atoms with E-state index in [1.54, 1.807) is 0 Å². The first-order valence-corrected chi connectivity index (χ1v) is 6.81. The predicted octanol–water partition coefficient (Wildman–Crippen LogP) is -1.27. The number of nitrogens with one attached hydrogen (secondary N) is 2. The van der Waals surface area contributed by atoms with Crippen LogP contribution in [0.5, 0.6) is 0 Å². The third kappa shape index (κ3) is 5.83. The Kier molecular flexibility index (Phi) is 6.16. The van der Waals surface area contributed by atoms with E-state index in [9.17, 15) is 24.0 Å². The third-order valence-corrected chi connectivity index (χ3v) is 3.10. The lowest BCUT2D eigenvalue weighted by atomic mass is 10.2. The molecule has 0 aliphatic carbocycles. The smallest absolute Gasteiger partial charge is 0.336 e. The van der Waals surface area contributed by atoms with Gasteiger partial charge in [0, 0.05) is 19.9 Å². The molecule has 0 spiro atoms. The summed E-state index contributed by atoms with van der Waals surface area (Å²) in [5, 5.41) is 4.63. The summed E-state index contributed by atoms with van der Waals surface area (Å²) in [4.78, 5) is 55.2. The topological polar surface area (TPSA) is 119 Å². The minimum Gasteiger partial charge on any atom is -0.392 e. The lowest BCUT2D eigenvalue weighted by Crippen LogP contribution is -2.39. The van der Waals surface area contributed by atoms with Crippen molar-refractivity contribution in [3.63, 3.8) is 0 Å². The first-order valence-electron chi connectivity index (χ1n) is 5.82. The molecule has 0 bridgehead atoms. The summed E-state index contributed by atoms with van der Waals surface area (Å²) in [6.07, 6.45) is -0.208. The molecule has 0 aromatic carbocycles. The molecule has 1 heterocycles. The van der Waals surface area contributed by atoms with Gasteiger partial charge in [0.15, 0.2) is 5.12 Å². The molecule has 1 saturated heterocycles. The summed E-state index contributed by atoms with van der Waals surface area (Å²) in [6.45, 7) is 1.44. The average molecular weight is 302 g/mol. The summed E-state index contributed by atoms with van der Waals surface area (Å²) >= 11 is 0.875. The van der Waals surface area contributed by atoms with Gasteiger partial charge in [0.25, 0.3) is 0 Å². The zero-order valence-electron chi connectivity index (χ0n) is 10.8. The SMILES string of the molecule is CC(=O)SCC(=O)NCCC(=O)N[C@H]1CC(=O)OC1=O. The van der Waals surface area contributed by atoms with Crippen molar-refractivity contribution in [3.05, 3.63) is 0 Å². The van der Waals surface area contributed by atoms with E-state index in [1.807, 2.05) is 0 Å². The molecule has 1 atom stereocenters. The lowest BCUT2D eigenvalue weighted by molar-refractivity contribution is -0.153. The third-order valence-electron chi connectivity index (χ3n) is 2.29. The van der Waals surface area contributed by atoms with Crippen LogP contribution in [0.15, 0.2) is 0 Å². The van der Waals surface area contributed by atoms with Gasteiger partial charge >= 0.3 is 11.9 Å². The Morgan fingerprint density at radius 3 is 2.55 bits per heavy atom. The van der Waals surface area contributed by atoms with E-state index in [0.717, 1.165) is 11.8 Å². The molecule has 2 amide bonds. The zero-order chi connectivity index (χ0) is 15.1.